The Morgan fingerprint density at radius 1 is 1.29 bits per heavy atom. The number of methoxy groups -OCH3 is 1. The standard InChI is InChI=1S/C14H15NO2/c1-17-10-6-12-14(13(16)7-10)11-5-3-2-4-9(11)8-15-12/h6,8H,2-5,7H2,1H3. The Morgan fingerprint density at radius 3 is 2.94 bits per heavy atom. The summed E-state index contributed by atoms with van der Waals surface area (Å²) in [4.78, 5) is 16.6. The minimum absolute atomic E-state index is 0.158. The van der Waals surface area contributed by atoms with Crippen LogP contribution in [0.15, 0.2) is 12.0 Å². The zero-order chi connectivity index (χ0) is 11.8. The minimum atomic E-state index is 0.158. The second kappa shape index (κ2) is 3.99. The lowest BCUT2D eigenvalue weighted by Gasteiger charge is -2.22. The van der Waals surface area contributed by atoms with E-state index in [4.69, 9.17) is 4.74 Å². The summed E-state index contributed by atoms with van der Waals surface area (Å²) >= 11 is 0. The van der Waals surface area contributed by atoms with Crippen LogP contribution < -0.4 is 0 Å². The molecule has 17 heavy (non-hydrogen) atoms. The van der Waals surface area contributed by atoms with Crippen molar-refractivity contribution in [3.05, 3.63) is 34.3 Å². The Hall–Kier alpha value is -1.64. The molecule has 0 fully saturated rings. The van der Waals surface area contributed by atoms with Crippen molar-refractivity contribution in [2.75, 3.05) is 7.11 Å². The fourth-order valence-electron chi connectivity index (χ4n) is 2.73. The molecule has 0 unspecified atom stereocenters. The molecule has 88 valence electrons. The number of fused-ring (bicyclic) bond motifs is 3. The molecule has 2 aliphatic carbocycles. The van der Waals surface area contributed by atoms with Crippen LogP contribution in [0, 0.1) is 0 Å². The Kier molecular flexibility index (Phi) is 2.46. The average molecular weight is 229 g/mol. The quantitative estimate of drug-likeness (QED) is 0.742. The highest BCUT2D eigenvalue weighted by molar-refractivity contribution is 6.04. The van der Waals surface area contributed by atoms with E-state index >= 15 is 0 Å². The summed E-state index contributed by atoms with van der Waals surface area (Å²) < 4.78 is 5.16. The molecule has 0 aromatic carbocycles. The normalized spacial score (nSPS) is 18.2. The van der Waals surface area contributed by atoms with Gasteiger partial charge < -0.3 is 4.74 Å². The molecule has 0 spiro atoms. The van der Waals surface area contributed by atoms with Gasteiger partial charge in [0.05, 0.1) is 19.2 Å². The van der Waals surface area contributed by atoms with Gasteiger partial charge in [-0.2, -0.15) is 0 Å². The van der Waals surface area contributed by atoms with Gasteiger partial charge in [0, 0.05) is 17.8 Å². The highest BCUT2D eigenvalue weighted by Gasteiger charge is 2.26. The first-order valence-electron chi connectivity index (χ1n) is 6.08. The molecule has 3 rings (SSSR count). The van der Waals surface area contributed by atoms with E-state index in [9.17, 15) is 4.79 Å². The minimum Gasteiger partial charge on any atom is -0.501 e. The van der Waals surface area contributed by atoms with Crippen molar-refractivity contribution in [2.24, 2.45) is 0 Å². The molecule has 0 bridgehead atoms. The molecule has 1 heterocycles. The number of rotatable bonds is 1. The van der Waals surface area contributed by atoms with Crippen LogP contribution in [0.2, 0.25) is 0 Å². The van der Waals surface area contributed by atoms with Crippen molar-refractivity contribution in [1.29, 1.82) is 0 Å². The van der Waals surface area contributed by atoms with Crippen molar-refractivity contribution in [1.82, 2.24) is 4.98 Å². The van der Waals surface area contributed by atoms with Gasteiger partial charge in [0.25, 0.3) is 0 Å². The number of Topliss-reactive ketones (excluding diaryl/α,β-unsaturated/α-hetero) is 1. The van der Waals surface area contributed by atoms with Gasteiger partial charge in [-0.3, -0.25) is 9.78 Å². The summed E-state index contributed by atoms with van der Waals surface area (Å²) in [5, 5.41) is 0. The molecule has 3 nitrogen and oxygen atoms in total. The molecule has 0 amide bonds. The fourth-order valence-corrected chi connectivity index (χ4v) is 2.73. The van der Waals surface area contributed by atoms with Gasteiger partial charge in [-0.1, -0.05) is 0 Å². The number of nitrogens with zero attached hydrogens (tertiary/aromatic N) is 1. The average Bonchev–Trinajstić information content (AvgIpc) is 2.37. The van der Waals surface area contributed by atoms with Gasteiger partial charge in [-0.25, -0.2) is 0 Å². The van der Waals surface area contributed by atoms with Crippen LogP contribution in [0.5, 0.6) is 0 Å². The zero-order valence-electron chi connectivity index (χ0n) is 9.95. The number of ketones is 1. The summed E-state index contributed by atoms with van der Waals surface area (Å²) in [6.07, 6.45) is 8.66. The second-order valence-corrected chi connectivity index (χ2v) is 4.64. The third-order valence-corrected chi connectivity index (χ3v) is 3.60. The lowest BCUT2D eigenvalue weighted by molar-refractivity contribution is 0.0968. The maximum Gasteiger partial charge on any atom is 0.172 e. The van der Waals surface area contributed by atoms with Gasteiger partial charge in [0.2, 0.25) is 0 Å². The summed E-state index contributed by atoms with van der Waals surface area (Å²) in [6, 6.07) is 0. The Labute approximate surface area is 101 Å². The molecule has 0 radical (unpaired) electrons. The maximum absolute atomic E-state index is 12.2. The summed E-state index contributed by atoms with van der Waals surface area (Å²) in [5.74, 6) is 0.872. The van der Waals surface area contributed by atoms with Crippen molar-refractivity contribution in [2.45, 2.75) is 32.1 Å². The smallest absolute Gasteiger partial charge is 0.172 e. The number of aromatic nitrogens is 1. The lowest BCUT2D eigenvalue weighted by atomic mass is 9.85. The summed E-state index contributed by atoms with van der Waals surface area (Å²) in [7, 11) is 1.60. The van der Waals surface area contributed by atoms with E-state index in [2.05, 4.69) is 4.98 Å². The number of allylic oxidation sites excluding steroid dienone is 1. The van der Waals surface area contributed by atoms with Crippen LogP contribution >= 0.6 is 0 Å². The zero-order valence-corrected chi connectivity index (χ0v) is 9.95. The first-order chi connectivity index (χ1) is 8.29. The third kappa shape index (κ3) is 1.66. The SMILES string of the molecule is COC1=Cc2ncc3c(c2C(=O)C1)CCCC3. The Morgan fingerprint density at radius 2 is 2.12 bits per heavy atom. The van der Waals surface area contributed by atoms with Gasteiger partial charge >= 0.3 is 0 Å². The molecule has 0 saturated heterocycles. The number of ether oxygens (including phenoxy) is 1. The number of aryl methyl sites for hydroxylation is 1. The summed E-state index contributed by atoms with van der Waals surface area (Å²) in [6.45, 7) is 0. The van der Waals surface area contributed by atoms with Crippen molar-refractivity contribution in [3.8, 4) is 0 Å². The monoisotopic (exact) mass is 229 g/mol. The molecule has 0 aliphatic heterocycles. The predicted octanol–water partition coefficient (Wildman–Crippen LogP) is 2.53. The molecule has 3 heteroatoms. The Bertz CT molecular complexity index is 517. The Balaban J connectivity index is 2.18. The molecular formula is C14H15NO2. The first kappa shape index (κ1) is 10.5. The molecule has 1 aromatic heterocycles. The molecule has 0 atom stereocenters. The van der Waals surface area contributed by atoms with E-state index in [0.717, 1.165) is 24.1 Å². The second-order valence-electron chi connectivity index (χ2n) is 4.64. The molecule has 0 saturated carbocycles. The highest BCUT2D eigenvalue weighted by atomic mass is 16.5. The van der Waals surface area contributed by atoms with Crippen LogP contribution in [-0.2, 0) is 17.6 Å². The van der Waals surface area contributed by atoms with Crippen LogP contribution in [0.4, 0.5) is 0 Å². The summed E-state index contributed by atoms with van der Waals surface area (Å²) in [5.41, 5.74) is 4.14. The molecule has 2 aliphatic rings. The van der Waals surface area contributed by atoms with Gasteiger partial charge in [0.15, 0.2) is 5.78 Å². The van der Waals surface area contributed by atoms with E-state index in [0.29, 0.717) is 12.2 Å². The number of carbonyl (C=O) groups excluding carboxylic acids is 1. The van der Waals surface area contributed by atoms with Crippen LogP contribution in [0.25, 0.3) is 6.08 Å². The lowest BCUT2D eigenvalue weighted by Crippen LogP contribution is -2.17. The maximum atomic E-state index is 12.2. The fraction of sp³-hybridized carbons (Fsp3) is 0.429. The van der Waals surface area contributed by atoms with Crippen molar-refractivity contribution < 1.29 is 9.53 Å². The highest BCUT2D eigenvalue weighted by Crippen LogP contribution is 2.31. The van der Waals surface area contributed by atoms with Gasteiger partial charge in [-0.15, -0.1) is 0 Å². The molecule has 1 aromatic rings. The number of carbonyl (C=O) groups is 1. The van der Waals surface area contributed by atoms with E-state index in [-0.39, 0.29) is 5.78 Å². The molecular weight excluding hydrogens is 214 g/mol. The van der Waals surface area contributed by atoms with E-state index in [1.165, 1.54) is 24.0 Å². The van der Waals surface area contributed by atoms with Crippen LogP contribution in [-0.4, -0.2) is 17.9 Å². The van der Waals surface area contributed by atoms with E-state index in [1.807, 2.05) is 12.3 Å². The third-order valence-electron chi connectivity index (χ3n) is 3.60. The number of hydrogen-bond donors (Lipinski definition) is 0. The number of pyridine rings is 1. The van der Waals surface area contributed by atoms with Gasteiger partial charge in [-0.05, 0) is 36.8 Å². The topological polar surface area (TPSA) is 39.2 Å². The predicted molar refractivity (Wildman–Crippen MR) is 64.8 cm³/mol. The van der Waals surface area contributed by atoms with E-state index in [1.54, 1.807) is 7.11 Å². The van der Waals surface area contributed by atoms with Crippen LogP contribution in [0.1, 0.15) is 46.4 Å². The number of hydrogen-bond acceptors (Lipinski definition) is 3. The largest absolute Gasteiger partial charge is 0.501 e. The van der Waals surface area contributed by atoms with Crippen molar-refractivity contribution in [3.63, 3.8) is 0 Å². The first-order valence-corrected chi connectivity index (χ1v) is 6.08. The van der Waals surface area contributed by atoms with Gasteiger partial charge in [0.1, 0.15) is 5.76 Å². The van der Waals surface area contributed by atoms with E-state index < -0.39 is 0 Å². The molecule has 0 N–H and O–H groups in total. The van der Waals surface area contributed by atoms with Crippen LogP contribution in [0.3, 0.4) is 0 Å². The van der Waals surface area contributed by atoms with Crippen molar-refractivity contribution >= 4 is 11.9 Å².